The van der Waals surface area contributed by atoms with Crippen LogP contribution in [0.1, 0.15) is 18.1 Å². The summed E-state index contributed by atoms with van der Waals surface area (Å²) in [5.74, 6) is -0.521. The summed E-state index contributed by atoms with van der Waals surface area (Å²) in [4.78, 5) is 0. The fraction of sp³-hybridized carbons (Fsp3) is 0.400. The number of benzene rings is 1. The van der Waals surface area contributed by atoms with Gasteiger partial charge in [-0.05, 0) is 6.07 Å². The van der Waals surface area contributed by atoms with Gasteiger partial charge in [0.2, 0.25) is 0 Å². The summed E-state index contributed by atoms with van der Waals surface area (Å²) < 4.78 is 53.8. The molecule has 5 heteroatoms. The van der Waals surface area contributed by atoms with Crippen LogP contribution in [0.5, 0.6) is 0 Å². The minimum Gasteiger partial charge on any atom is -0.364 e. The lowest BCUT2D eigenvalue weighted by molar-refractivity contribution is -0.137. The van der Waals surface area contributed by atoms with Crippen LogP contribution in [0.3, 0.4) is 0 Å². The van der Waals surface area contributed by atoms with Gasteiger partial charge in [0.15, 0.2) is 0 Å². The van der Waals surface area contributed by atoms with Crippen LogP contribution >= 0.6 is 0 Å². The SMILES string of the molecule is Fc1ccccc1[C@H]1O[C@@H]1CC(F)(F)F. The highest BCUT2D eigenvalue weighted by Crippen LogP contribution is 2.45. The summed E-state index contributed by atoms with van der Waals surface area (Å²) in [6.07, 6.45) is -6.95. The van der Waals surface area contributed by atoms with E-state index in [-0.39, 0.29) is 5.56 Å². The molecule has 0 saturated carbocycles. The molecule has 82 valence electrons. The number of halogens is 4. The Morgan fingerprint density at radius 2 is 1.87 bits per heavy atom. The maximum absolute atomic E-state index is 13.1. The standard InChI is InChI=1S/C10H8F4O/c11-7-4-2-1-3-6(7)9-8(15-9)5-10(12,13)14/h1-4,8-9H,5H2/t8-,9-/m1/s1. The van der Waals surface area contributed by atoms with E-state index >= 15 is 0 Å². The van der Waals surface area contributed by atoms with Crippen LogP contribution in [0.15, 0.2) is 24.3 Å². The third-order valence-corrected chi connectivity index (χ3v) is 2.23. The van der Waals surface area contributed by atoms with E-state index in [9.17, 15) is 17.6 Å². The molecular formula is C10H8F4O. The molecule has 0 amide bonds. The van der Waals surface area contributed by atoms with Crippen LogP contribution in [-0.2, 0) is 4.74 Å². The van der Waals surface area contributed by atoms with Gasteiger partial charge in [-0.3, -0.25) is 0 Å². The van der Waals surface area contributed by atoms with Crippen molar-refractivity contribution >= 4 is 0 Å². The van der Waals surface area contributed by atoms with Crippen molar-refractivity contribution in [2.45, 2.75) is 24.8 Å². The van der Waals surface area contributed by atoms with Gasteiger partial charge < -0.3 is 4.74 Å². The molecule has 1 saturated heterocycles. The molecule has 2 rings (SSSR count). The van der Waals surface area contributed by atoms with Crippen LogP contribution in [0.4, 0.5) is 17.6 Å². The zero-order valence-corrected chi connectivity index (χ0v) is 7.59. The number of hydrogen-bond donors (Lipinski definition) is 0. The molecule has 1 heterocycles. The highest BCUT2D eigenvalue weighted by molar-refractivity contribution is 5.24. The Hall–Kier alpha value is -1.10. The molecule has 15 heavy (non-hydrogen) atoms. The second-order valence-electron chi connectivity index (χ2n) is 3.44. The zero-order valence-electron chi connectivity index (χ0n) is 7.59. The van der Waals surface area contributed by atoms with Crippen LogP contribution < -0.4 is 0 Å². The van der Waals surface area contributed by atoms with E-state index in [0.29, 0.717) is 0 Å². The molecule has 1 fully saturated rings. The van der Waals surface area contributed by atoms with Gasteiger partial charge in [0.1, 0.15) is 11.9 Å². The first-order valence-corrected chi connectivity index (χ1v) is 4.44. The first-order chi connectivity index (χ1) is 6.97. The van der Waals surface area contributed by atoms with Crippen molar-refractivity contribution in [1.29, 1.82) is 0 Å². The van der Waals surface area contributed by atoms with Crippen molar-refractivity contribution in [3.8, 4) is 0 Å². The third-order valence-electron chi connectivity index (χ3n) is 2.23. The maximum Gasteiger partial charge on any atom is 0.391 e. The van der Waals surface area contributed by atoms with Crippen LogP contribution in [0.25, 0.3) is 0 Å². The normalized spacial score (nSPS) is 25.3. The van der Waals surface area contributed by atoms with E-state index in [2.05, 4.69) is 0 Å². The molecule has 0 spiro atoms. The van der Waals surface area contributed by atoms with Gasteiger partial charge in [-0.15, -0.1) is 0 Å². The fourth-order valence-corrected chi connectivity index (χ4v) is 1.51. The highest BCUT2D eigenvalue weighted by Gasteiger charge is 2.48. The van der Waals surface area contributed by atoms with Crippen molar-refractivity contribution in [3.63, 3.8) is 0 Å². The second-order valence-corrected chi connectivity index (χ2v) is 3.44. The number of epoxide rings is 1. The zero-order chi connectivity index (χ0) is 11.1. The predicted octanol–water partition coefficient (Wildman–Crippen LogP) is 3.22. The van der Waals surface area contributed by atoms with E-state index < -0.39 is 30.6 Å². The summed E-state index contributed by atoms with van der Waals surface area (Å²) in [6, 6.07) is 5.71. The summed E-state index contributed by atoms with van der Waals surface area (Å²) >= 11 is 0. The Morgan fingerprint density at radius 3 is 2.47 bits per heavy atom. The summed E-state index contributed by atoms with van der Waals surface area (Å²) in [6.45, 7) is 0. The van der Waals surface area contributed by atoms with E-state index in [1.54, 1.807) is 6.07 Å². The molecule has 1 aliphatic rings. The van der Waals surface area contributed by atoms with Crippen molar-refractivity contribution in [2.75, 3.05) is 0 Å². The van der Waals surface area contributed by atoms with Crippen LogP contribution in [0.2, 0.25) is 0 Å². The molecule has 1 aliphatic heterocycles. The quantitative estimate of drug-likeness (QED) is 0.550. The number of hydrogen-bond acceptors (Lipinski definition) is 1. The fourth-order valence-electron chi connectivity index (χ4n) is 1.51. The van der Waals surface area contributed by atoms with Gasteiger partial charge in [0.25, 0.3) is 0 Å². The van der Waals surface area contributed by atoms with E-state index in [1.807, 2.05) is 0 Å². The van der Waals surface area contributed by atoms with Gasteiger partial charge in [-0.2, -0.15) is 13.2 Å². The first kappa shape index (κ1) is 10.4. The Morgan fingerprint density at radius 1 is 1.20 bits per heavy atom. The lowest BCUT2D eigenvalue weighted by atomic mass is 10.1. The molecule has 0 aliphatic carbocycles. The maximum atomic E-state index is 13.1. The average Bonchev–Trinajstić information content (AvgIpc) is 2.81. The Labute approximate surface area is 83.7 Å². The first-order valence-electron chi connectivity index (χ1n) is 4.44. The van der Waals surface area contributed by atoms with E-state index in [1.165, 1.54) is 18.2 Å². The topological polar surface area (TPSA) is 12.5 Å². The van der Waals surface area contributed by atoms with Gasteiger partial charge in [0.05, 0.1) is 12.5 Å². The summed E-state index contributed by atoms with van der Waals surface area (Å²) in [7, 11) is 0. The van der Waals surface area contributed by atoms with Gasteiger partial charge >= 0.3 is 6.18 Å². The predicted molar refractivity (Wildman–Crippen MR) is 44.7 cm³/mol. The molecule has 1 aromatic carbocycles. The molecule has 1 nitrogen and oxygen atoms in total. The molecule has 0 aromatic heterocycles. The highest BCUT2D eigenvalue weighted by atomic mass is 19.4. The van der Waals surface area contributed by atoms with Crippen LogP contribution in [0, 0.1) is 5.82 Å². The van der Waals surface area contributed by atoms with Crippen molar-refractivity contribution < 1.29 is 22.3 Å². The molecule has 0 bridgehead atoms. The number of alkyl halides is 3. The monoisotopic (exact) mass is 220 g/mol. The van der Waals surface area contributed by atoms with Gasteiger partial charge in [-0.25, -0.2) is 4.39 Å². The molecule has 0 unspecified atom stereocenters. The smallest absolute Gasteiger partial charge is 0.364 e. The van der Waals surface area contributed by atoms with E-state index in [4.69, 9.17) is 4.74 Å². The van der Waals surface area contributed by atoms with E-state index in [0.717, 1.165) is 0 Å². The number of ether oxygens (including phenoxy) is 1. The molecule has 1 aromatic rings. The minimum atomic E-state index is -4.26. The van der Waals surface area contributed by atoms with Crippen LogP contribution in [-0.4, -0.2) is 12.3 Å². The largest absolute Gasteiger partial charge is 0.391 e. The lowest BCUT2D eigenvalue weighted by Gasteiger charge is -2.02. The summed E-state index contributed by atoms with van der Waals surface area (Å²) in [5.41, 5.74) is 0.201. The van der Waals surface area contributed by atoms with Gasteiger partial charge in [-0.1, -0.05) is 18.2 Å². The Kier molecular flexibility index (Phi) is 2.42. The lowest BCUT2D eigenvalue weighted by Crippen LogP contribution is -2.11. The summed E-state index contributed by atoms with van der Waals surface area (Å²) in [5, 5.41) is 0. The van der Waals surface area contributed by atoms with Crippen molar-refractivity contribution in [3.05, 3.63) is 35.6 Å². The Bertz CT molecular complexity index is 361. The molecule has 0 radical (unpaired) electrons. The molecule has 2 atom stereocenters. The Balaban J connectivity index is 2.03. The van der Waals surface area contributed by atoms with Gasteiger partial charge in [0, 0.05) is 5.56 Å². The van der Waals surface area contributed by atoms with Crippen molar-refractivity contribution in [1.82, 2.24) is 0 Å². The average molecular weight is 220 g/mol. The molecular weight excluding hydrogens is 212 g/mol. The second kappa shape index (κ2) is 3.48. The minimum absolute atomic E-state index is 0.201. The molecule has 0 N–H and O–H groups in total. The third kappa shape index (κ3) is 2.47. The number of rotatable bonds is 2. The van der Waals surface area contributed by atoms with Crippen molar-refractivity contribution in [2.24, 2.45) is 0 Å².